The van der Waals surface area contributed by atoms with Crippen molar-refractivity contribution in [2.75, 3.05) is 20.8 Å². The molecule has 0 aliphatic rings. The number of hydrogen-bond donors (Lipinski definition) is 1. The molecule has 0 unspecified atom stereocenters. The van der Waals surface area contributed by atoms with E-state index in [2.05, 4.69) is 10.2 Å². The number of hydrogen-bond acceptors (Lipinski definition) is 7. The molecule has 33 heavy (non-hydrogen) atoms. The van der Waals surface area contributed by atoms with Gasteiger partial charge in [-0.05, 0) is 62.0 Å². The molecule has 0 saturated carbocycles. The molecule has 0 atom stereocenters. The van der Waals surface area contributed by atoms with Crippen LogP contribution in [0.3, 0.4) is 0 Å². The molecule has 0 fully saturated rings. The van der Waals surface area contributed by atoms with Crippen LogP contribution >= 0.6 is 23.4 Å². The van der Waals surface area contributed by atoms with Crippen LogP contribution in [0.5, 0.6) is 17.2 Å². The van der Waals surface area contributed by atoms with Crippen LogP contribution in [0.1, 0.15) is 19.4 Å². The standard InChI is InChI=1S/C23H24ClN3O5S/c1-5-27-21(15-10-17(30-3)13-18(11-15)31-4)25-26-23(27)33-20(22(28)29)12-14-9-16(24)7-8-19(14)32-6-2/h7-13H,5-6H2,1-4H3,(H,28,29)/b20-12-. The number of thioether (sulfide) groups is 1. The van der Waals surface area contributed by atoms with E-state index in [1.807, 2.05) is 30.5 Å². The molecule has 0 saturated heterocycles. The maximum absolute atomic E-state index is 12.1. The fourth-order valence-corrected chi connectivity index (χ4v) is 4.15. The molecule has 1 heterocycles. The Kier molecular flexibility index (Phi) is 8.24. The van der Waals surface area contributed by atoms with Gasteiger partial charge in [0.2, 0.25) is 0 Å². The van der Waals surface area contributed by atoms with E-state index >= 15 is 0 Å². The first-order valence-electron chi connectivity index (χ1n) is 10.1. The highest BCUT2D eigenvalue weighted by Crippen LogP contribution is 2.35. The van der Waals surface area contributed by atoms with Gasteiger partial charge in [-0.2, -0.15) is 0 Å². The van der Waals surface area contributed by atoms with Crippen molar-refractivity contribution in [3.05, 3.63) is 51.9 Å². The van der Waals surface area contributed by atoms with Crippen LogP contribution in [0.15, 0.2) is 46.5 Å². The molecule has 0 bridgehead atoms. The number of carbonyl (C=O) groups is 1. The zero-order chi connectivity index (χ0) is 24.0. The summed E-state index contributed by atoms with van der Waals surface area (Å²) in [5.74, 6) is 1.24. The molecule has 0 aliphatic carbocycles. The van der Waals surface area contributed by atoms with Gasteiger partial charge in [-0.3, -0.25) is 0 Å². The highest BCUT2D eigenvalue weighted by Gasteiger charge is 2.20. The smallest absolute Gasteiger partial charge is 0.342 e. The highest BCUT2D eigenvalue weighted by atomic mass is 35.5. The number of carboxylic acids is 1. The largest absolute Gasteiger partial charge is 0.497 e. The van der Waals surface area contributed by atoms with Crippen molar-refractivity contribution < 1.29 is 24.1 Å². The maximum Gasteiger partial charge on any atom is 0.342 e. The van der Waals surface area contributed by atoms with Crippen LogP contribution in [0, 0.1) is 0 Å². The van der Waals surface area contributed by atoms with E-state index in [4.69, 9.17) is 25.8 Å². The Bertz CT molecular complexity index is 1160. The SMILES string of the molecule is CCOc1ccc(Cl)cc1/C=C(\Sc1nnc(-c2cc(OC)cc(OC)c2)n1CC)C(=O)O. The number of benzene rings is 2. The number of halogens is 1. The molecular weight excluding hydrogens is 466 g/mol. The maximum atomic E-state index is 12.1. The van der Waals surface area contributed by atoms with Crippen LogP contribution in [0.2, 0.25) is 5.02 Å². The lowest BCUT2D eigenvalue weighted by Gasteiger charge is -2.11. The Morgan fingerprint density at radius 2 is 1.82 bits per heavy atom. The van der Waals surface area contributed by atoms with Crippen LogP contribution in [0.25, 0.3) is 17.5 Å². The molecule has 3 aromatic rings. The second kappa shape index (κ2) is 11.1. The summed E-state index contributed by atoms with van der Waals surface area (Å²) in [6, 6.07) is 10.5. The summed E-state index contributed by atoms with van der Waals surface area (Å²) >= 11 is 7.12. The fraction of sp³-hybridized carbons (Fsp3) is 0.261. The monoisotopic (exact) mass is 489 g/mol. The molecule has 1 N–H and O–H groups in total. The third-order valence-electron chi connectivity index (χ3n) is 4.61. The lowest BCUT2D eigenvalue weighted by molar-refractivity contribution is -0.131. The number of carboxylic acid groups (broad SMARTS) is 1. The molecule has 0 amide bonds. The van der Waals surface area contributed by atoms with E-state index in [9.17, 15) is 9.90 Å². The highest BCUT2D eigenvalue weighted by molar-refractivity contribution is 8.04. The summed E-state index contributed by atoms with van der Waals surface area (Å²) in [6.07, 6.45) is 1.52. The minimum atomic E-state index is -1.10. The number of nitrogens with zero attached hydrogens (tertiary/aromatic N) is 3. The first-order chi connectivity index (χ1) is 15.9. The first-order valence-corrected chi connectivity index (χ1v) is 11.3. The van der Waals surface area contributed by atoms with Crippen molar-refractivity contribution >= 4 is 35.4 Å². The van der Waals surface area contributed by atoms with Gasteiger partial charge in [0.25, 0.3) is 0 Å². The van der Waals surface area contributed by atoms with E-state index in [0.29, 0.717) is 52.0 Å². The molecule has 0 aliphatic heterocycles. The topological polar surface area (TPSA) is 95.7 Å². The summed E-state index contributed by atoms with van der Waals surface area (Å²) in [4.78, 5) is 12.1. The van der Waals surface area contributed by atoms with Crippen LogP contribution in [0.4, 0.5) is 0 Å². The summed E-state index contributed by atoms with van der Waals surface area (Å²) in [5.41, 5.74) is 1.30. The normalized spacial score (nSPS) is 11.4. The lowest BCUT2D eigenvalue weighted by atomic mass is 10.2. The number of aliphatic carboxylic acids is 1. The van der Waals surface area contributed by atoms with Gasteiger partial charge in [0.05, 0.1) is 20.8 Å². The van der Waals surface area contributed by atoms with Crippen molar-refractivity contribution in [3.63, 3.8) is 0 Å². The third kappa shape index (κ3) is 5.80. The van der Waals surface area contributed by atoms with Gasteiger partial charge < -0.3 is 23.9 Å². The van der Waals surface area contributed by atoms with Gasteiger partial charge in [0, 0.05) is 28.8 Å². The van der Waals surface area contributed by atoms with E-state index in [0.717, 1.165) is 17.3 Å². The van der Waals surface area contributed by atoms with Crippen LogP contribution < -0.4 is 14.2 Å². The third-order valence-corrected chi connectivity index (χ3v) is 5.85. The Labute approximate surface area is 201 Å². The Balaban J connectivity index is 2.02. The van der Waals surface area contributed by atoms with Crippen molar-refractivity contribution in [1.82, 2.24) is 14.8 Å². The summed E-state index contributed by atoms with van der Waals surface area (Å²) in [6.45, 7) is 4.75. The zero-order valence-electron chi connectivity index (χ0n) is 18.7. The Morgan fingerprint density at radius 1 is 1.12 bits per heavy atom. The quantitative estimate of drug-likeness (QED) is 0.304. The molecule has 0 radical (unpaired) electrons. The Morgan fingerprint density at radius 3 is 2.39 bits per heavy atom. The minimum Gasteiger partial charge on any atom is -0.497 e. The molecule has 0 spiro atoms. The van der Waals surface area contributed by atoms with Crippen LogP contribution in [-0.4, -0.2) is 46.7 Å². The number of methoxy groups -OCH3 is 2. The van der Waals surface area contributed by atoms with Crippen molar-refractivity contribution in [2.45, 2.75) is 25.5 Å². The molecule has 10 heteroatoms. The predicted molar refractivity (Wildman–Crippen MR) is 128 cm³/mol. The number of ether oxygens (including phenoxy) is 3. The van der Waals surface area contributed by atoms with E-state index in [1.54, 1.807) is 38.5 Å². The Hall–Kier alpha value is -3.17. The van der Waals surface area contributed by atoms with Gasteiger partial charge >= 0.3 is 5.97 Å². The van der Waals surface area contributed by atoms with Crippen molar-refractivity contribution in [3.8, 4) is 28.6 Å². The molecule has 174 valence electrons. The van der Waals surface area contributed by atoms with Gasteiger partial charge in [-0.25, -0.2) is 4.79 Å². The summed E-state index contributed by atoms with van der Waals surface area (Å²) in [5, 5.41) is 19.3. The molecular formula is C23H24ClN3O5S. The lowest BCUT2D eigenvalue weighted by Crippen LogP contribution is -2.03. The fourth-order valence-electron chi connectivity index (χ4n) is 3.09. The molecule has 3 rings (SSSR count). The molecule has 1 aromatic heterocycles. The summed E-state index contributed by atoms with van der Waals surface area (Å²) < 4.78 is 18.1. The van der Waals surface area contributed by atoms with E-state index < -0.39 is 5.97 Å². The number of aromatic nitrogens is 3. The molecule has 2 aromatic carbocycles. The summed E-state index contributed by atoms with van der Waals surface area (Å²) in [7, 11) is 3.14. The second-order valence-electron chi connectivity index (χ2n) is 6.68. The van der Waals surface area contributed by atoms with Crippen LogP contribution in [-0.2, 0) is 11.3 Å². The van der Waals surface area contributed by atoms with Gasteiger partial charge in [0.1, 0.15) is 22.2 Å². The van der Waals surface area contributed by atoms with Gasteiger partial charge in [-0.1, -0.05) is 11.6 Å². The molecule has 8 nitrogen and oxygen atoms in total. The van der Waals surface area contributed by atoms with Crippen molar-refractivity contribution in [2.24, 2.45) is 0 Å². The predicted octanol–water partition coefficient (Wildman–Crippen LogP) is 5.25. The first kappa shape index (κ1) is 24.5. The number of rotatable bonds is 10. The van der Waals surface area contributed by atoms with Gasteiger partial charge in [0.15, 0.2) is 11.0 Å². The average molecular weight is 490 g/mol. The van der Waals surface area contributed by atoms with E-state index in [-0.39, 0.29) is 4.91 Å². The average Bonchev–Trinajstić information content (AvgIpc) is 3.22. The second-order valence-corrected chi connectivity index (χ2v) is 8.13. The zero-order valence-corrected chi connectivity index (χ0v) is 20.2. The minimum absolute atomic E-state index is 0.0510. The van der Waals surface area contributed by atoms with Gasteiger partial charge in [-0.15, -0.1) is 10.2 Å². The van der Waals surface area contributed by atoms with Crippen molar-refractivity contribution in [1.29, 1.82) is 0 Å². The van der Waals surface area contributed by atoms with E-state index in [1.165, 1.54) is 6.08 Å².